The van der Waals surface area contributed by atoms with E-state index in [1.54, 1.807) is 6.07 Å². The number of nitriles is 1. The zero-order chi connectivity index (χ0) is 23.0. The quantitative estimate of drug-likeness (QED) is 0.596. The minimum atomic E-state index is -5.01. The number of sulfonamides is 1. The van der Waals surface area contributed by atoms with Crippen molar-refractivity contribution in [1.29, 1.82) is 5.26 Å². The number of nitrogens with one attached hydrogen (secondary N) is 2. The highest BCUT2D eigenvalue weighted by Gasteiger charge is 2.41. The van der Waals surface area contributed by atoms with E-state index in [1.165, 1.54) is 4.72 Å². The molecule has 0 aliphatic heterocycles. The first-order chi connectivity index (χ1) is 13.7. The Morgan fingerprint density at radius 2 is 1.90 bits per heavy atom. The van der Waals surface area contributed by atoms with Crippen molar-refractivity contribution in [3.8, 4) is 6.07 Å². The van der Waals surface area contributed by atoms with Crippen LogP contribution in [0.4, 0.5) is 27.6 Å². The molecule has 2 N–H and O–H groups in total. The predicted molar refractivity (Wildman–Crippen MR) is 98.0 cm³/mol. The van der Waals surface area contributed by atoms with E-state index in [0.29, 0.717) is 6.92 Å². The number of rotatable bonds is 5. The average molecular weight is 515 g/mol. The summed E-state index contributed by atoms with van der Waals surface area (Å²) in [5.41, 5.74) is -1.33. The lowest BCUT2D eigenvalue weighted by molar-refractivity contribution is -0.147. The fourth-order valence-electron chi connectivity index (χ4n) is 2.31. The van der Waals surface area contributed by atoms with Crippen LogP contribution >= 0.6 is 15.9 Å². The summed E-state index contributed by atoms with van der Waals surface area (Å²) >= 11 is 2.76. The normalized spacial score (nSPS) is 13.0. The fraction of sp³-hybridized carbons (Fsp3) is 0.250. The van der Waals surface area contributed by atoms with Crippen LogP contribution in [-0.2, 0) is 17.1 Å². The summed E-state index contributed by atoms with van der Waals surface area (Å²) in [5, 5.41) is 11.0. The van der Waals surface area contributed by atoms with Crippen molar-refractivity contribution >= 4 is 37.5 Å². The number of aromatic nitrogens is 1. The van der Waals surface area contributed by atoms with Crippen LogP contribution in [0.25, 0.3) is 0 Å². The lowest BCUT2D eigenvalue weighted by atomic mass is 10.2. The largest absolute Gasteiger partial charge is 0.404 e. The van der Waals surface area contributed by atoms with Crippen molar-refractivity contribution in [1.82, 2.24) is 9.29 Å². The highest BCUT2D eigenvalue weighted by atomic mass is 79.9. The molecule has 1 aromatic heterocycles. The Bertz CT molecular complexity index is 1160. The van der Waals surface area contributed by atoms with E-state index in [1.807, 2.05) is 0 Å². The van der Waals surface area contributed by atoms with Gasteiger partial charge in [0.15, 0.2) is 10.7 Å². The summed E-state index contributed by atoms with van der Waals surface area (Å²) in [7, 11) is -3.92. The van der Waals surface area contributed by atoms with Crippen LogP contribution in [0.15, 0.2) is 27.7 Å². The Morgan fingerprint density at radius 1 is 1.30 bits per heavy atom. The van der Waals surface area contributed by atoms with Gasteiger partial charge in [-0.2, -0.15) is 23.2 Å². The maximum absolute atomic E-state index is 14.8. The average Bonchev–Trinajstić information content (AvgIpc) is 2.84. The van der Waals surface area contributed by atoms with Gasteiger partial charge in [-0.25, -0.2) is 17.2 Å². The van der Waals surface area contributed by atoms with Crippen LogP contribution in [0.5, 0.6) is 0 Å². The second-order valence-corrected chi connectivity index (χ2v) is 8.39. The maximum atomic E-state index is 14.8. The molecule has 0 unspecified atom stereocenters. The van der Waals surface area contributed by atoms with Crippen molar-refractivity contribution in [3.05, 3.63) is 45.7 Å². The molecule has 0 bridgehead atoms. The molecule has 30 heavy (non-hydrogen) atoms. The van der Waals surface area contributed by atoms with Crippen LogP contribution in [0, 0.1) is 23.0 Å². The van der Waals surface area contributed by atoms with E-state index in [2.05, 4.69) is 21.2 Å². The smallest absolute Gasteiger partial charge is 0.331 e. The SMILES string of the molecule is C[C@@H](NS(=O)(=O)c1c(F)c(C(=O)Nc2ccc(F)c(C#N)c2)n(C)c1Br)C(F)(F)F. The third kappa shape index (κ3) is 4.63. The molecule has 1 amide bonds. The molecule has 0 aliphatic rings. The molecule has 1 atom stereocenters. The van der Waals surface area contributed by atoms with Crippen molar-refractivity contribution in [2.45, 2.75) is 24.0 Å². The van der Waals surface area contributed by atoms with Crippen molar-refractivity contribution in [3.63, 3.8) is 0 Å². The third-order valence-corrected chi connectivity index (χ3v) is 6.64. The molecule has 1 aromatic carbocycles. The van der Waals surface area contributed by atoms with Crippen LogP contribution in [0.3, 0.4) is 0 Å². The molecule has 2 aromatic rings. The van der Waals surface area contributed by atoms with E-state index < -0.39 is 60.5 Å². The Kier molecular flexibility index (Phi) is 6.60. The summed E-state index contributed by atoms with van der Waals surface area (Å²) in [4.78, 5) is 11.3. The second-order valence-electron chi connectivity index (χ2n) is 5.99. The van der Waals surface area contributed by atoms with Gasteiger partial charge >= 0.3 is 6.18 Å². The number of anilines is 1. The molecular weight excluding hydrogens is 503 g/mol. The first-order valence-electron chi connectivity index (χ1n) is 7.84. The molecule has 0 aliphatic carbocycles. The van der Waals surface area contributed by atoms with Gasteiger partial charge in [0.1, 0.15) is 28.2 Å². The molecule has 2 rings (SSSR count). The number of hydrogen-bond acceptors (Lipinski definition) is 4. The van der Waals surface area contributed by atoms with Crippen LogP contribution in [-0.4, -0.2) is 31.1 Å². The Morgan fingerprint density at radius 3 is 2.43 bits per heavy atom. The number of alkyl halides is 3. The molecule has 0 saturated heterocycles. The summed E-state index contributed by atoms with van der Waals surface area (Å²) < 4.78 is 92.4. The van der Waals surface area contributed by atoms with Gasteiger partial charge in [0, 0.05) is 12.7 Å². The van der Waals surface area contributed by atoms with E-state index in [-0.39, 0.29) is 5.69 Å². The second kappa shape index (κ2) is 8.32. The number of carbonyl (C=O) groups excluding carboxylic acids is 1. The Labute approximate surface area is 175 Å². The number of benzene rings is 1. The fourth-order valence-corrected chi connectivity index (χ4v) is 4.71. The zero-order valence-corrected chi connectivity index (χ0v) is 17.5. The summed E-state index contributed by atoms with van der Waals surface area (Å²) in [6, 6.07) is 1.95. The Balaban J connectivity index is 2.45. The topological polar surface area (TPSA) is 104 Å². The molecule has 162 valence electrons. The third-order valence-electron chi connectivity index (χ3n) is 3.88. The predicted octanol–water partition coefficient (Wildman–Crippen LogP) is 3.42. The van der Waals surface area contributed by atoms with E-state index in [4.69, 9.17) is 5.26 Å². The Hall–Kier alpha value is -2.50. The van der Waals surface area contributed by atoms with Crippen molar-refractivity contribution in [2.75, 3.05) is 5.32 Å². The molecule has 1 heterocycles. The lowest BCUT2D eigenvalue weighted by Gasteiger charge is -2.17. The van der Waals surface area contributed by atoms with Gasteiger partial charge in [-0.05, 0) is 41.1 Å². The number of nitrogens with zero attached hydrogens (tertiary/aromatic N) is 2. The molecule has 0 spiro atoms. The van der Waals surface area contributed by atoms with E-state index in [0.717, 1.165) is 29.8 Å². The van der Waals surface area contributed by atoms with E-state index in [9.17, 15) is 35.2 Å². The van der Waals surface area contributed by atoms with Gasteiger partial charge in [-0.1, -0.05) is 0 Å². The van der Waals surface area contributed by atoms with Crippen LogP contribution < -0.4 is 10.0 Å². The summed E-state index contributed by atoms with van der Waals surface area (Å²) in [6.07, 6.45) is -4.92. The standard InChI is InChI=1S/C16H12BrF5N4O3S/c1-7(16(20,21)22)25-30(28,29)13-11(19)12(26(2)14(13)17)15(27)24-9-3-4-10(18)8(5-9)6-23/h3-5,7,25H,1-2H3,(H,24,27)/t7-/m1/s1. The molecule has 0 fully saturated rings. The van der Waals surface area contributed by atoms with Gasteiger partial charge in [0.2, 0.25) is 10.0 Å². The zero-order valence-electron chi connectivity index (χ0n) is 15.1. The highest BCUT2D eigenvalue weighted by Crippen LogP contribution is 2.31. The molecule has 0 radical (unpaired) electrons. The monoisotopic (exact) mass is 514 g/mol. The minimum absolute atomic E-state index is 0.0945. The number of amides is 1. The van der Waals surface area contributed by atoms with Crippen LogP contribution in [0.1, 0.15) is 23.0 Å². The molecular formula is C16H12BrF5N4O3S. The van der Waals surface area contributed by atoms with Crippen molar-refractivity contribution in [2.24, 2.45) is 7.05 Å². The van der Waals surface area contributed by atoms with Gasteiger partial charge < -0.3 is 9.88 Å². The summed E-state index contributed by atoms with van der Waals surface area (Å²) in [6.45, 7) is 0.529. The number of halogens is 6. The van der Waals surface area contributed by atoms with Crippen LogP contribution in [0.2, 0.25) is 0 Å². The van der Waals surface area contributed by atoms with Crippen molar-refractivity contribution < 1.29 is 35.2 Å². The minimum Gasteiger partial charge on any atom is -0.331 e. The lowest BCUT2D eigenvalue weighted by Crippen LogP contribution is -2.43. The van der Waals surface area contributed by atoms with Gasteiger partial charge in [-0.15, -0.1) is 0 Å². The molecule has 14 heteroatoms. The van der Waals surface area contributed by atoms with Gasteiger partial charge in [-0.3, -0.25) is 4.79 Å². The van der Waals surface area contributed by atoms with Gasteiger partial charge in [0.25, 0.3) is 5.91 Å². The van der Waals surface area contributed by atoms with E-state index >= 15 is 0 Å². The molecule has 7 nitrogen and oxygen atoms in total. The first-order valence-corrected chi connectivity index (χ1v) is 10.1. The molecule has 0 saturated carbocycles. The highest BCUT2D eigenvalue weighted by molar-refractivity contribution is 9.10. The maximum Gasteiger partial charge on any atom is 0.404 e. The first kappa shape index (κ1) is 23.8. The summed E-state index contributed by atoms with van der Waals surface area (Å²) in [5.74, 6) is -3.65. The number of carbonyl (C=O) groups is 1. The number of hydrogen-bond donors (Lipinski definition) is 2. The van der Waals surface area contributed by atoms with Gasteiger partial charge in [0.05, 0.1) is 5.56 Å².